The Hall–Kier alpha value is -2.15. The molecule has 1 aromatic heterocycles. The summed E-state index contributed by atoms with van der Waals surface area (Å²) in [6, 6.07) is 16.8. The molecule has 0 bridgehead atoms. The fourth-order valence-electron chi connectivity index (χ4n) is 2.43. The highest BCUT2D eigenvalue weighted by Gasteiger charge is 2.15. The SMILES string of the molecule is [2H]c1ccc2c(-c3ccccc3C)[n+](C)ccc2c1. The fourth-order valence-corrected chi connectivity index (χ4v) is 2.43. The Morgan fingerprint density at radius 3 is 2.67 bits per heavy atom. The van der Waals surface area contributed by atoms with Crippen molar-refractivity contribution in [1.29, 1.82) is 0 Å². The molecular weight excluding hydrogens is 218 g/mol. The molecule has 1 nitrogen and oxygen atoms in total. The molecule has 0 spiro atoms. The molecule has 0 unspecified atom stereocenters. The highest BCUT2D eigenvalue weighted by atomic mass is 14.9. The maximum atomic E-state index is 7.74. The molecule has 18 heavy (non-hydrogen) atoms. The molecule has 0 radical (unpaired) electrons. The van der Waals surface area contributed by atoms with Crippen LogP contribution in [0.3, 0.4) is 0 Å². The molecule has 0 aliphatic carbocycles. The van der Waals surface area contributed by atoms with E-state index in [1.54, 1.807) is 0 Å². The van der Waals surface area contributed by atoms with Crippen LogP contribution in [0, 0.1) is 6.92 Å². The summed E-state index contributed by atoms with van der Waals surface area (Å²) in [5.41, 5.74) is 3.71. The Morgan fingerprint density at radius 2 is 1.83 bits per heavy atom. The van der Waals surface area contributed by atoms with Crippen LogP contribution in [0.2, 0.25) is 0 Å². The lowest BCUT2D eigenvalue weighted by atomic mass is 10.00. The summed E-state index contributed by atoms with van der Waals surface area (Å²) >= 11 is 0. The second-order valence-corrected chi connectivity index (χ2v) is 4.60. The normalized spacial score (nSPS) is 11.6. The number of rotatable bonds is 1. The minimum atomic E-state index is 0.553. The fraction of sp³-hybridized carbons (Fsp3) is 0.118. The first-order valence-electron chi connectivity index (χ1n) is 6.62. The molecule has 1 heteroatoms. The van der Waals surface area contributed by atoms with Gasteiger partial charge in [-0.2, -0.15) is 0 Å². The number of hydrogen-bond acceptors (Lipinski definition) is 0. The average Bonchev–Trinajstić information content (AvgIpc) is 2.40. The molecule has 2 aromatic carbocycles. The lowest BCUT2D eigenvalue weighted by Crippen LogP contribution is -2.30. The van der Waals surface area contributed by atoms with Crippen molar-refractivity contribution in [3.63, 3.8) is 0 Å². The smallest absolute Gasteiger partial charge is 0.200 e. The number of aryl methyl sites for hydroxylation is 2. The molecule has 0 aliphatic rings. The molecule has 0 atom stereocenters. The molecule has 3 aromatic rings. The topological polar surface area (TPSA) is 3.88 Å². The van der Waals surface area contributed by atoms with Gasteiger partial charge in [-0.3, -0.25) is 0 Å². The van der Waals surface area contributed by atoms with Crippen molar-refractivity contribution in [3.8, 4) is 11.3 Å². The van der Waals surface area contributed by atoms with Gasteiger partial charge in [0.2, 0.25) is 5.69 Å². The number of benzene rings is 2. The van der Waals surface area contributed by atoms with Crippen LogP contribution in [0.5, 0.6) is 0 Å². The Morgan fingerprint density at radius 1 is 1.00 bits per heavy atom. The molecule has 0 saturated carbocycles. The number of nitrogens with zero attached hydrogens (tertiary/aromatic N) is 1. The van der Waals surface area contributed by atoms with Crippen LogP contribution in [-0.4, -0.2) is 0 Å². The van der Waals surface area contributed by atoms with E-state index in [1.165, 1.54) is 22.2 Å². The molecule has 0 fully saturated rings. The first-order valence-corrected chi connectivity index (χ1v) is 6.12. The van der Waals surface area contributed by atoms with Gasteiger partial charge in [-0.15, -0.1) is 0 Å². The van der Waals surface area contributed by atoms with Gasteiger partial charge < -0.3 is 0 Å². The van der Waals surface area contributed by atoms with Crippen LogP contribution in [0.25, 0.3) is 22.0 Å². The van der Waals surface area contributed by atoms with Crippen molar-refractivity contribution in [3.05, 3.63) is 66.3 Å². The van der Waals surface area contributed by atoms with Gasteiger partial charge in [0.15, 0.2) is 6.20 Å². The van der Waals surface area contributed by atoms with E-state index in [0.29, 0.717) is 6.04 Å². The van der Waals surface area contributed by atoms with E-state index in [2.05, 4.69) is 55.1 Å². The molecule has 1 heterocycles. The van der Waals surface area contributed by atoms with E-state index < -0.39 is 0 Å². The van der Waals surface area contributed by atoms with Crippen LogP contribution in [0.1, 0.15) is 6.93 Å². The lowest BCUT2D eigenvalue weighted by molar-refractivity contribution is -0.659. The number of pyridine rings is 1. The minimum absolute atomic E-state index is 0.553. The van der Waals surface area contributed by atoms with Gasteiger partial charge >= 0.3 is 0 Å². The summed E-state index contributed by atoms with van der Waals surface area (Å²) in [6.45, 7) is 2.13. The second-order valence-electron chi connectivity index (χ2n) is 4.60. The van der Waals surface area contributed by atoms with E-state index in [4.69, 9.17) is 1.37 Å². The van der Waals surface area contributed by atoms with Crippen molar-refractivity contribution >= 4 is 10.8 Å². The van der Waals surface area contributed by atoms with E-state index in [1.807, 2.05) is 18.2 Å². The third kappa shape index (κ3) is 1.68. The summed E-state index contributed by atoms with van der Waals surface area (Å²) in [6.07, 6.45) is 2.06. The van der Waals surface area contributed by atoms with E-state index in [0.717, 1.165) is 5.39 Å². The summed E-state index contributed by atoms with van der Waals surface area (Å²) in [7, 11) is 2.07. The maximum Gasteiger partial charge on any atom is 0.220 e. The Bertz CT molecular complexity index is 762. The molecule has 0 amide bonds. The minimum Gasteiger partial charge on any atom is -0.200 e. The van der Waals surface area contributed by atoms with Gasteiger partial charge in [0.1, 0.15) is 7.05 Å². The van der Waals surface area contributed by atoms with Gasteiger partial charge in [-0.05, 0) is 30.0 Å². The number of hydrogen-bond donors (Lipinski definition) is 0. The highest BCUT2D eigenvalue weighted by molar-refractivity contribution is 5.93. The van der Waals surface area contributed by atoms with Crippen LogP contribution in [0.4, 0.5) is 0 Å². The van der Waals surface area contributed by atoms with Gasteiger partial charge in [0.05, 0.1) is 6.76 Å². The zero-order chi connectivity index (χ0) is 13.4. The largest absolute Gasteiger partial charge is 0.220 e. The van der Waals surface area contributed by atoms with Crippen molar-refractivity contribution in [2.45, 2.75) is 6.92 Å². The third-order valence-corrected chi connectivity index (χ3v) is 3.38. The summed E-state index contributed by atoms with van der Waals surface area (Å²) in [5.74, 6) is 0. The number of fused-ring (bicyclic) bond motifs is 1. The first kappa shape index (κ1) is 9.84. The van der Waals surface area contributed by atoms with Gasteiger partial charge in [0.25, 0.3) is 0 Å². The van der Waals surface area contributed by atoms with Gasteiger partial charge in [0, 0.05) is 11.6 Å². The molecular formula is C17H16N+. The standard InChI is InChI=1S/C17H16N/c1-13-7-3-5-9-15(13)17-16-10-6-4-8-14(16)11-12-18(17)2/h3-12H,1-2H3/q+1/i4D. The Labute approximate surface area is 109 Å². The zero-order valence-electron chi connectivity index (χ0n) is 11.6. The van der Waals surface area contributed by atoms with Gasteiger partial charge in [-0.1, -0.05) is 36.4 Å². The van der Waals surface area contributed by atoms with Gasteiger partial charge in [-0.25, -0.2) is 4.57 Å². The Kier molecular flexibility index (Phi) is 2.33. The van der Waals surface area contributed by atoms with Crippen LogP contribution in [0.15, 0.2) is 60.8 Å². The molecule has 3 rings (SSSR count). The zero-order valence-corrected chi connectivity index (χ0v) is 10.6. The summed E-state index contributed by atoms with van der Waals surface area (Å²) in [4.78, 5) is 0. The van der Waals surface area contributed by atoms with Crippen molar-refractivity contribution < 1.29 is 5.94 Å². The molecule has 0 saturated heterocycles. The van der Waals surface area contributed by atoms with Crippen LogP contribution < -0.4 is 4.57 Å². The predicted molar refractivity (Wildman–Crippen MR) is 75.3 cm³/mol. The first-order chi connectivity index (χ1) is 9.16. The van der Waals surface area contributed by atoms with Crippen molar-refractivity contribution in [1.82, 2.24) is 0 Å². The molecule has 0 N–H and O–H groups in total. The second kappa shape index (κ2) is 4.26. The van der Waals surface area contributed by atoms with E-state index >= 15 is 0 Å². The predicted octanol–water partition coefficient (Wildman–Crippen LogP) is 3.64. The monoisotopic (exact) mass is 235 g/mol. The average molecular weight is 235 g/mol. The van der Waals surface area contributed by atoms with E-state index in [-0.39, 0.29) is 0 Å². The van der Waals surface area contributed by atoms with E-state index in [9.17, 15) is 0 Å². The van der Waals surface area contributed by atoms with Crippen LogP contribution in [-0.2, 0) is 7.05 Å². The molecule has 88 valence electrons. The maximum absolute atomic E-state index is 7.74. The summed E-state index contributed by atoms with van der Waals surface area (Å²) in [5, 5.41) is 2.30. The molecule has 0 aliphatic heterocycles. The van der Waals surface area contributed by atoms with Crippen LogP contribution >= 0.6 is 0 Å². The highest BCUT2D eigenvalue weighted by Crippen LogP contribution is 2.27. The Balaban J connectivity index is 2.40. The third-order valence-electron chi connectivity index (χ3n) is 3.38. The summed E-state index contributed by atoms with van der Waals surface area (Å²) < 4.78 is 9.89. The van der Waals surface area contributed by atoms with Crippen molar-refractivity contribution in [2.75, 3.05) is 0 Å². The van der Waals surface area contributed by atoms with Crippen molar-refractivity contribution in [2.24, 2.45) is 7.05 Å². The number of aromatic nitrogens is 1. The quantitative estimate of drug-likeness (QED) is 0.567. The lowest BCUT2D eigenvalue weighted by Gasteiger charge is -2.07.